The molecule has 0 atom stereocenters. The van der Waals surface area contributed by atoms with Crippen molar-refractivity contribution in [3.63, 3.8) is 0 Å². The molecule has 2 aromatic rings. The van der Waals surface area contributed by atoms with Crippen LogP contribution in [0.1, 0.15) is 29.1 Å². The quantitative estimate of drug-likeness (QED) is 0.656. The fourth-order valence-corrected chi connectivity index (χ4v) is 4.14. The largest absolute Gasteiger partial charge is 0.497 e. The molecule has 0 aliphatic carbocycles. The number of carbonyl (C=O) groups excluding carboxylic acids is 1. The molecule has 2 aliphatic heterocycles. The van der Waals surface area contributed by atoms with Crippen LogP contribution in [0.25, 0.3) is 0 Å². The Bertz CT molecular complexity index is 902. The van der Waals surface area contributed by atoms with Crippen LogP contribution in [0.4, 0.5) is 5.82 Å². The van der Waals surface area contributed by atoms with Gasteiger partial charge in [-0.25, -0.2) is 9.97 Å². The van der Waals surface area contributed by atoms with Crippen molar-refractivity contribution in [3.8, 4) is 5.75 Å². The number of halogens is 1. The first kappa shape index (κ1) is 20.9. The highest BCUT2D eigenvalue weighted by molar-refractivity contribution is 6.18. The highest BCUT2D eigenvalue weighted by atomic mass is 35.5. The van der Waals surface area contributed by atoms with E-state index in [1.165, 1.54) is 0 Å². The third-order valence-corrected chi connectivity index (χ3v) is 5.74. The molecule has 4 rings (SSSR count). The van der Waals surface area contributed by atoms with Gasteiger partial charge in [-0.2, -0.15) is 0 Å². The van der Waals surface area contributed by atoms with Crippen molar-refractivity contribution in [2.45, 2.75) is 25.8 Å². The Hall–Kier alpha value is -2.38. The van der Waals surface area contributed by atoms with Gasteiger partial charge in [0.1, 0.15) is 17.4 Å². The monoisotopic (exact) mass is 430 g/mol. The van der Waals surface area contributed by atoms with Crippen LogP contribution in [0.3, 0.4) is 0 Å². The number of morpholine rings is 1. The van der Waals surface area contributed by atoms with E-state index >= 15 is 0 Å². The molecule has 0 unspecified atom stereocenters. The van der Waals surface area contributed by atoms with Gasteiger partial charge in [0.15, 0.2) is 0 Å². The molecule has 1 amide bonds. The average Bonchev–Trinajstić information content (AvgIpc) is 2.79. The van der Waals surface area contributed by atoms with Crippen molar-refractivity contribution < 1.29 is 14.3 Å². The first-order valence-corrected chi connectivity index (χ1v) is 10.9. The van der Waals surface area contributed by atoms with Gasteiger partial charge in [-0.15, -0.1) is 11.6 Å². The Morgan fingerprint density at radius 1 is 1.23 bits per heavy atom. The molecule has 1 saturated heterocycles. The number of nitrogens with zero attached hydrogens (tertiary/aromatic N) is 4. The van der Waals surface area contributed by atoms with E-state index in [-0.39, 0.29) is 5.91 Å². The lowest BCUT2D eigenvalue weighted by atomic mass is 10.0. The zero-order valence-corrected chi connectivity index (χ0v) is 18.0. The molecular formula is C22H27ClN4O3. The molecule has 0 spiro atoms. The third kappa shape index (κ3) is 4.68. The van der Waals surface area contributed by atoms with E-state index in [0.717, 1.165) is 53.7 Å². The summed E-state index contributed by atoms with van der Waals surface area (Å²) in [5, 5.41) is 0. The van der Waals surface area contributed by atoms with E-state index in [4.69, 9.17) is 31.0 Å². The maximum atomic E-state index is 12.4. The summed E-state index contributed by atoms with van der Waals surface area (Å²) < 4.78 is 10.9. The van der Waals surface area contributed by atoms with Crippen LogP contribution in [0.15, 0.2) is 24.3 Å². The summed E-state index contributed by atoms with van der Waals surface area (Å²) in [5.41, 5.74) is 3.21. The van der Waals surface area contributed by atoms with Crippen LogP contribution >= 0.6 is 11.6 Å². The number of anilines is 1. The second-order valence-corrected chi connectivity index (χ2v) is 7.90. The molecule has 1 fully saturated rings. The zero-order chi connectivity index (χ0) is 20.9. The topological polar surface area (TPSA) is 67.8 Å². The van der Waals surface area contributed by atoms with Gasteiger partial charge in [0.05, 0.1) is 32.6 Å². The van der Waals surface area contributed by atoms with E-state index in [1.807, 2.05) is 23.1 Å². The molecule has 0 saturated carbocycles. The van der Waals surface area contributed by atoms with E-state index in [2.05, 4.69) is 11.0 Å². The lowest BCUT2D eigenvalue weighted by Crippen LogP contribution is -2.41. The maximum Gasteiger partial charge on any atom is 0.224 e. The van der Waals surface area contributed by atoms with E-state index in [0.29, 0.717) is 45.0 Å². The van der Waals surface area contributed by atoms with Gasteiger partial charge in [0.2, 0.25) is 5.91 Å². The highest BCUT2D eigenvalue weighted by Gasteiger charge is 2.28. The van der Waals surface area contributed by atoms with Crippen LogP contribution in [0.2, 0.25) is 0 Å². The van der Waals surface area contributed by atoms with E-state index < -0.39 is 0 Å². The lowest BCUT2D eigenvalue weighted by Gasteiger charge is -2.34. The van der Waals surface area contributed by atoms with Gasteiger partial charge >= 0.3 is 0 Å². The van der Waals surface area contributed by atoms with Gasteiger partial charge in [-0.05, 0) is 17.7 Å². The summed E-state index contributed by atoms with van der Waals surface area (Å²) in [4.78, 5) is 26.4. The molecule has 8 heteroatoms. The van der Waals surface area contributed by atoms with Crippen LogP contribution in [0, 0.1) is 0 Å². The van der Waals surface area contributed by atoms with E-state index in [9.17, 15) is 4.79 Å². The minimum atomic E-state index is 0.0871. The van der Waals surface area contributed by atoms with Crippen molar-refractivity contribution in [1.29, 1.82) is 0 Å². The number of aromatic nitrogens is 2. The van der Waals surface area contributed by atoms with Crippen LogP contribution in [-0.2, 0) is 28.9 Å². The first-order chi connectivity index (χ1) is 14.7. The average molecular weight is 431 g/mol. The number of ether oxygens (including phenoxy) is 2. The van der Waals surface area contributed by atoms with Crippen LogP contribution < -0.4 is 9.64 Å². The minimum absolute atomic E-state index is 0.0871. The molecule has 160 valence electrons. The summed E-state index contributed by atoms with van der Waals surface area (Å²) in [5.74, 6) is 2.99. The second kappa shape index (κ2) is 9.62. The Labute approximate surface area is 182 Å². The number of carbonyl (C=O) groups is 1. The van der Waals surface area contributed by atoms with Gasteiger partial charge in [0, 0.05) is 50.3 Å². The lowest BCUT2D eigenvalue weighted by molar-refractivity contribution is -0.131. The van der Waals surface area contributed by atoms with Gasteiger partial charge in [-0.1, -0.05) is 12.1 Å². The number of hydrogen-bond donors (Lipinski definition) is 0. The van der Waals surface area contributed by atoms with Crippen LogP contribution in [-0.4, -0.2) is 66.6 Å². The summed E-state index contributed by atoms with van der Waals surface area (Å²) in [7, 11) is 1.67. The fourth-order valence-electron chi connectivity index (χ4n) is 3.98. The van der Waals surface area contributed by atoms with Crippen molar-refractivity contribution in [2.75, 3.05) is 50.7 Å². The fraction of sp³-hybridized carbons (Fsp3) is 0.500. The molecule has 1 aromatic heterocycles. The summed E-state index contributed by atoms with van der Waals surface area (Å²) in [6, 6.07) is 7.99. The first-order valence-electron chi connectivity index (χ1n) is 10.4. The molecule has 3 heterocycles. The molecule has 2 aliphatic rings. The Balaban J connectivity index is 1.66. The van der Waals surface area contributed by atoms with Crippen LogP contribution in [0.5, 0.6) is 5.75 Å². The Morgan fingerprint density at radius 3 is 2.83 bits per heavy atom. The van der Waals surface area contributed by atoms with Crippen molar-refractivity contribution in [1.82, 2.24) is 14.9 Å². The predicted octanol–water partition coefficient (Wildman–Crippen LogP) is 2.43. The number of fused-ring (bicyclic) bond motifs is 1. The molecular weight excluding hydrogens is 404 g/mol. The SMILES string of the molecule is COc1cccc(Cc2nc3c(c(N4CCOCC4)n2)CN(C(=O)CCCl)CC3)c1. The van der Waals surface area contributed by atoms with E-state index in [1.54, 1.807) is 7.11 Å². The molecule has 7 nitrogen and oxygen atoms in total. The zero-order valence-electron chi connectivity index (χ0n) is 17.3. The van der Waals surface area contributed by atoms with Gasteiger partial charge < -0.3 is 19.3 Å². The molecule has 0 bridgehead atoms. The highest BCUT2D eigenvalue weighted by Crippen LogP contribution is 2.28. The second-order valence-electron chi connectivity index (χ2n) is 7.52. The van der Waals surface area contributed by atoms with Gasteiger partial charge in [-0.3, -0.25) is 4.79 Å². The third-order valence-electron chi connectivity index (χ3n) is 5.55. The number of methoxy groups -OCH3 is 1. The minimum Gasteiger partial charge on any atom is -0.497 e. The number of alkyl halides is 1. The number of rotatable bonds is 6. The predicted molar refractivity (Wildman–Crippen MR) is 115 cm³/mol. The summed E-state index contributed by atoms with van der Waals surface area (Å²) in [6.45, 7) is 4.14. The maximum absolute atomic E-state index is 12.4. The smallest absolute Gasteiger partial charge is 0.224 e. The molecule has 1 aromatic carbocycles. The number of hydrogen-bond acceptors (Lipinski definition) is 6. The van der Waals surface area contributed by atoms with Crippen molar-refractivity contribution in [3.05, 3.63) is 46.9 Å². The van der Waals surface area contributed by atoms with Gasteiger partial charge in [0.25, 0.3) is 0 Å². The summed E-state index contributed by atoms with van der Waals surface area (Å²) >= 11 is 5.78. The molecule has 0 N–H and O–H groups in total. The normalized spacial score (nSPS) is 16.3. The Morgan fingerprint density at radius 2 is 2.07 bits per heavy atom. The molecule has 0 radical (unpaired) electrons. The van der Waals surface area contributed by atoms with Crippen molar-refractivity contribution in [2.24, 2.45) is 0 Å². The van der Waals surface area contributed by atoms with Crippen molar-refractivity contribution >= 4 is 23.3 Å². The number of amides is 1. The Kier molecular flexibility index (Phi) is 6.69. The molecule has 30 heavy (non-hydrogen) atoms. The summed E-state index contributed by atoms with van der Waals surface area (Å²) in [6.07, 6.45) is 1.73. The standard InChI is InChI=1S/C22H27ClN4O3/c1-29-17-4-2-3-16(13-17)14-20-24-19-6-8-27(21(28)5-7-23)15-18(19)22(25-20)26-9-11-30-12-10-26/h2-4,13H,5-12,14-15H2,1H3. The number of benzene rings is 1.